The number of hydrogen-bond donors (Lipinski definition) is 1. The molecule has 2 aliphatic heterocycles. The largest absolute Gasteiger partial charge is 0.356 e. The maximum absolute atomic E-state index is 12.1. The number of sulfone groups is 1. The number of piperidine rings is 1. The van der Waals surface area contributed by atoms with E-state index in [-0.39, 0.29) is 29.7 Å². The molecule has 0 spiro atoms. The molecule has 0 aromatic heterocycles. The summed E-state index contributed by atoms with van der Waals surface area (Å²) in [4.78, 5) is 6.29. The van der Waals surface area contributed by atoms with Gasteiger partial charge in [-0.25, -0.2) is 21.1 Å². The lowest BCUT2D eigenvalue weighted by atomic mass is 9.98. The van der Waals surface area contributed by atoms with E-state index in [0.29, 0.717) is 44.6 Å². The van der Waals surface area contributed by atoms with Crippen LogP contribution in [0, 0.1) is 5.92 Å². The maximum Gasteiger partial charge on any atom is 0.211 e. The minimum atomic E-state index is -3.10. The van der Waals surface area contributed by atoms with Crippen LogP contribution >= 0.6 is 24.0 Å². The highest BCUT2D eigenvalue weighted by molar-refractivity contribution is 14.0. The molecule has 0 aromatic carbocycles. The molecule has 0 amide bonds. The average molecular weight is 522 g/mol. The number of halogens is 1. The maximum atomic E-state index is 12.1. The lowest BCUT2D eigenvalue weighted by Crippen LogP contribution is -2.57. The first kappa shape index (κ1) is 23.9. The van der Waals surface area contributed by atoms with E-state index in [9.17, 15) is 16.8 Å². The summed E-state index contributed by atoms with van der Waals surface area (Å²) >= 11 is 0. The predicted molar refractivity (Wildman–Crippen MR) is 115 cm³/mol. The second-order valence-electron chi connectivity index (χ2n) is 7.53. The summed E-state index contributed by atoms with van der Waals surface area (Å²) in [7, 11) is -4.48. The Balaban J connectivity index is 0.00000338. The molecule has 26 heavy (non-hydrogen) atoms. The predicted octanol–water partition coefficient (Wildman–Crippen LogP) is 0.360. The smallest absolute Gasteiger partial charge is 0.211 e. The van der Waals surface area contributed by atoms with Crippen LogP contribution in [-0.2, 0) is 19.9 Å². The van der Waals surface area contributed by atoms with Crippen molar-refractivity contribution < 1.29 is 16.8 Å². The van der Waals surface area contributed by atoms with Crippen molar-refractivity contribution >= 4 is 49.8 Å². The first-order chi connectivity index (χ1) is 11.5. The van der Waals surface area contributed by atoms with E-state index in [1.807, 2.05) is 4.90 Å². The summed E-state index contributed by atoms with van der Waals surface area (Å²) in [5.74, 6) is 1.23. The zero-order valence-corrected chi connectivity index (χ0v) is 19.9. The van der Waals surface area contributed by atoms with Crippen molar-refractivity contribution in [1.82, 2.24) is 14.5 Å². The Kier molecular flexibility index (Phi) is 8.19. The molecule has 0 saturated carbocycles. The number of aliphatic imine (C=N–C) groups is 1. The van der Waals surface area contributed by atoms with E-state index in [1.54, 1.807) is 20.9 Å². The summed E-state index contributed by atoms with van der Waals surface area (Å²) in [6.07, 6.45) is 2.88. The molecule has 2 saturated heterocycles. The third kappa shape index (κ3) is 5.68. The van der Waals surface area contributed by atoms with Crippen molar-refractivity contribution in [2.75, 3.05) is 51.8 Å². The molecule has 11 heteroatoms. The number of nitrogens with zero attached hydrogens (tertiary/aromatic N) is 3. The van der Waals surface area contributed by atoms with Crippen molar-refractivity contribution in [3.8, 4) is 0 Å². The van der Waals surface area contributed by atoms with Gasteiger partial charge in [0.25, 0.3) is 0 Å². The van der Waals surface area contributed by atoms with E-state index in [2.05, 4.69) is 10.3 Å². The molecule has 0 unspecified atom stereocenters. The van der Waals surface area contributed by atoms with Gasteiger partial charge in [-0.1, -0.05) is 0 Å². The van der Waals surface area contributed by atoms with Gasteiger partial charge in [-0.3, -0.25) is 4.99 Å². The zero-order chi connectivity index (χ0) is 18.9. The van der Waals surface area contributed by atoms with Gasteiger partial charge < -0.3 is 10.2 Å². The Bertz CT molecular complexity index is 714. The van der Waals surface area contributed by atoms with Gasteiger partial charge in [-0.2, -0.15) is 0 Å². The topological polar surface area (TPSA) is 99.2 Å². The van der Waals surface area contributed by atoms with E-state index < -0.39 is 24.6 Å². The molecule has 1 N–H and O–H groups in total. The van der Waals surface area contributed by atoms with Crippen LogP contribution in [0.25, 0.3) is 0 Å². The highest BCUT2D eigenvalue weighted by Crippen LogP contribution is 2.24. The number of hydrogen-bond acceptors (Lipinski definition) is 5. The lowest BCUT2D eigenvalue weighted by molar-refractivity contribution is 0.271. The van der Waals surface area contributed by atoms with Crippen LogP contribution in [-0.4, -0.2) is 88.5 Å². The van der Waals surface area contributed by atoms with Crippen LogP contribution in [0.3, 0.4) is 0 Å². The summed E-state index contributed by atoms with van der Waals surface area (Å²) in [6, 6.07) is 0. The minimum absolute atomic E-state index is 0. The SMILES string of the molecule is CN=C(NCC1CCN(S(C)(=O)=O)CC1)N1CCS(=O)(=O)C(C)(C)C1.I. The van der Waals surface area contributed by atoms with E-state index in [0.717, 1.165) is 12.8 Å². The fourth-order valence-corrected chi connectivity index (χ4v) is 5.58. The Labute approximate surface area is 174 Å². The summed E-state index contributed by atoms with van der Waals surface area (Å²) in [5.41, 5.74) is 0. The third-order valence-corrected chi connectivity index (χ3v) is 8.98. The summed E-state index contributed by atoms with van der Waals surface area (Å²) in [6.45, 7) is 6.19. The summed E-state index contributed by atoms with van der Waals surface area (Å²) in [5, 5.41) is 3.34. The van der Waals surface area contributed by atoms with Crippen molar-refractivity contribution in [3.05, 3.63) is 0 Å². The van der Waals surface area contributed by atoms with Crippen LogP contribution in [0.15, 0.2) is 4.99 Å². The molecular formula is C15H31IN4O4S2. The lowest BCUT2D eigenvalue weighted by Gasteiger charge is -2.39. The Morgan fingerprint density at radius 2 is 1.81 bits per heavy atom. The third-order valence-electron chi connectivity index (χ3n) is 5.15. The van der Waals surface area contributed by atoms with Crippen molar-refractivity contribution in [2.24, 2.45) is 10.9 Å². The quantitative estimate of drug-likeness (QED) is 0.327. The average Bonchev–Trinajstić information content (AvgIpc) is 2.51. The van der Waals surface area contributed by atoms with E-state index in [1.165, 1.54) is 10.6 Å². The van der Waals surface area contributed by atoms with Crippen LogP contribution in [0.4, 0.5) is 0 Å². The Morgan fingerprint density at radius 3 is 2.27 bits per heavy atom. The highest BCUT2D eigenvalue weighted by atomic mass is 127. The monoisotopic (exact) mass is 522 g/mol. The number of nitrogens with one attached hydrogen (secondary N) is 1. The number of sulfonamides is 1. The van der Waals surface area contributed by atoms with Gasteiger partial charge in [-0.05, 0) is 32.6 Å². The number of rotatable bonds is 3. The van der Waals surface area contributed by atoms with Gasteiger partial charge in [0, 0.05) is 39.8 Å². The molecule has 0 atom stereocenters. The van der Waals surface area contributed by atoms with E-state index in [4.69, 9.17) is 0 Å². The molecule has 2 aliphatic rings. The van der Waals surface area contributed by atoms with Crippen LogP contribution < -0.4 is 5.32 Å². The van der Waals surface area contributed by atoms with Gasteiger partial charge in [0.2, 0.25) is 10.0 Å². The number of guanidine groups is 1. The molecule has 2 fully saturated rings. The van der Waals surface area contributed by atoms with Crippen molar-refractivity contribution in [3.63, 3.8) is 0 Å². The fourth-order valence-electron chi connectivity index (χ4n) is 3.34. The standard InChI is InChI=1S/C15H30N4O4S2.HI/c1-15(2)12-18(9-10-25(15,22)23)14(16-3)17-11-13-5-7-19(8-6-13)24(4,20)21;/h13H,5-12H2,1-4H3,(H,16,17);1H. The molecule has 2 rings (SSSR count). The second kappa shape index (κ2) is 8.91. The van der Waals surface area contributed by atoms with Crippen molar-refractivity contribution in [2.45, 2.75) is 31.4 Å². The molecule has 154 valence electrons. The molecular weight excluding hydrogens is 491 g/mol. The van der Waals surface area contributed by atoms with Crippen LogP contribution in [0.2, 0.25) is 0 Å². The van der Waals surface area contributed by atoms with Gasteiger partial charge >= 0.3 is 0 Å². The van der Waals surface area contributed by atoms with Crippen LogP contribution in [0.5, 0.6) is 0 Å². The fraction of sp³-hybridized carbons (Fsp3) is 0.933. The normalized spacial score (nSPS) is 24.8. The van der Waals surface area contributed by atoms with Gasteiger partial charge in [0.15, 0.2) is 15.8 Å². The summed E-state index contributed by atoms with van der Waals surface area (Å²) < 4.78 is 48.1. The van der Waals surface area contributed by atoms with Gasteiger partial charge in [0.05, 0.1) is 16.8 Å². The van der Waals surface area contributed by atoms with Gasteiger partial charge in [0.1, 0.15) is 0 Å². The molecule has 0 aliphatic carbocycles. The Hall–Kier alpha value is -0.140. The molecule has 0 aromatic rings. The van der Waals surface area contributed by atoms with Crippen molar-refractivity contribution in [1.29, 1.82) is 0 Å². The van der Waals surface area contributed by atoms with E-state index >= 15 is 0 Å². The van der Waals surface area contributed by atoms with Gasteiger partial charge in [-0.15, -0.1) is 24.0 Å². The zero-order valence-electron chi connectivity index (χ0n) is 15.9. The first-order valence-corrected chi connectivity index (χ1v) is 12.1. The van der Waals surface area contributed by atoms with Crippen LogP contribution in [0.1, 0.15) is 26.7 Å². The molecule has 8 nitrogen and oxygen atoms in total. The first-order valence-electron chi connectivity index (χ1n) is 8.59. The highest BCUT2D eigenvalue weighted by Gasteiger charge is 2.41. The molecule has 0 radical (unpaired) electrons. The Morgan fingerprint density at radius 1 is 1.23 bits per heavy atom. The second-order valence-corrected chi connectivity index (χ2v) is 12.3. The molecule has 2 heterocycles. The minimum Gasteiger partial charge on any atom is -0.356 e. The molecule has 0 bridgehead atoms.